The van der Waals surface area contributed by atoms with Gasteiger partial charge in [0.05, 0.1) is 6.10 Å². The number of rotatable bonds is 2. The number of alkyl halides is 3. The Morgan fingerprint density at radius 2 is 1.63 bits per heavy atom. The van der Waals surface area contributed by atoms with Crippen molar-refractivity contribution in [2.24, 2.45) is 0 Å². The summed E-state index contributed by atoms with van der Waals surface area (Å²) in [5.74, 6) is 0. The molecule has 1 N–H and O–H groups in total. The first-order valence-corrected chi connectivity index (χ1v) is 7.12. The fourth-order valence-electron chi connectivity index (χ4n) is 3.18. The lowest BCUT2D eigenvalue weighted by Crippen LogP contribution is -2.58. The van der Waals surface area contributed by atoms with E-state index in [4.69, 9.17) is 0 Å². The summed E-state index contributed by atoms with van der Waals surface area (Å²) in [4.78, 5) is 3.66. The van der Waals surface area contributed by atoms with Gasteiger partial charge >= 0.3 is 6.18 Å². The van der Waals surface area contributed by atoms with Gasteiger partial charge in [0.1, 0.15) is 6.04 Å². The fraction of sp³-hybridized carbons (Fsp3) is 1.00. The molecule has 3 atom stereocenters. The Morgan fingerprint density at radius 1 is 1.05 bits per heavy atom. The molecule has 1 aliphatic heterocycles. The summed E-state index contributed by atoms with van der Waals surface area (Å²) >= 11 is 0. The normalized spacial score (nSPS) is 33.3. The predicted octanol–water partition coefficient (Wildman–Crippen LogP) is 1.86. The van der Waals surface area contributed by atoms with Crippen LogP contribution in [0.2, 0.25) is 0 Å². The minimum Gasteiger partial charge on any atom is -0.391 e. The van der Waals surface area contributed by atoms with Crippen molar-refractivity contribution < 1.29 is 18.3 Å². The molecule has 112 valence electrons. The van der Waals surface area contributed by atoms with Crippen LogP contribution in [0.4, 0.5) is 13.2 Å². The van der Waals surface area contributed by atoms with E-state index in [1.807, 2.05) is 0 Å². The third-order valence-electron chi connectivity index (χ3n) is 4.53. The van der Waals surface area contributed by atoms with Crippen LogP contribution in [-0.4, -0.2) is 65.4 Å². The number of hydrogen-bond donors (Lipinski definition) is 1. The van der Waals surface area contributed by atoms with E-state index in [-0.39, 0.29) is 12.1 Å². The first-order chi connectivity index (χ1) is 8.89. The number of piperazine rings is 1. The van der Waals surface area contributed by atoms with Gasteiger partial charge in [-0.3, -0.25) is 9.80 Å². The third kappa shape index (κ3) is 3.61. The van der Waals surface area contributed by atoms with Crippen molar-refractivity contribution in [1.82, 2.24) is 9.80 Å². The van der Waals surface area contributed by atoms with Gasteiger partial charge in [-0.05, 0) is 19.8 Å². The molecule has 0 aromatic heterocycles. The third-order valence-corrected chi connectivity index (χ3v) is 4.53. The summed E-state index contributed by atoms with van der Waals surface area (Å²) < 4.78 is 38.0. The van der Waals surface area contributed by atoms with Crippen LogP contribution in [0.15, 0.2) is 0 Å². The second-order valence-corrected chi connectivity index (χ2v) is 5.71. The smallest absolute Gasteiger partial charge is 0.391 e. The largest absolute Gasteiger partial charge is 0.403 e. The maximum absolute atomic E-state index is 12.7. The first-order valence-electron chi connectivity index (χ1n) is 7.12. The molecule has 0 amide bonds. The number of aliphatic hydroxyl groups is 1. The Balaban J connectivity index is 1.85. The van der Waals surface area contributed by atoms with Crippen molar-refractivity contribution >= 4 is 0 Å². The SMILES string of the molecule is C[C@H](N1CCN([C@@H]2CCCC[C@@H]2O)CC1)C(F)(F)F. The molecule has 2 fully saturated rings. The van der Waals surface area contributed by atoms with Gasteiger partial charge in [-0.2, -0.15) is 13.2 Å². The van der Waals surface area contributed by atoms with Gasteiger partial charge in [0.25, 0.3) is 0 Å². The Labute approximate surface area is 112 Å². The molecule has 0 bridgehead atoms. The van der Waals surface area contributed by atoms with Crippen molar-refractivity contribution in [2.75, 3.05) is 26.2 Å². The highest BCUT2D eigenvalue weighted by atomic mass is 19.4. The van der Waals surface area contributed by atoms with E-state index in [0.717, 1.165) is 25.7 Å². The molecular weight excluding hydrogens is 257 g/mol. The number of hydrogen-bond acceptors (Lipinski definition) is 3. The van der Waals surface area contributed by atoms with E-state index in [1.54, 1.807) is 0 Å². The van der Waals surface area contributed by atoms with Crippen LogP contribution in [0, 0.1) is 0 Å². The highest BCUT2D eigenvalue weighted by molar-refractivity contribution is 4.88. The second kappa shape index (κ2) is 5.97. The minimum atomic E-state index is -4.15. The molecule has 3 nitrogen and oxygen atoms in total. The molecule has 1 heterocycles. The zero-order valence-corrected chi connectivity index (χ0v) is 11.4. The van der Waals surface area contributed by atoms with Gasteiger partial charge in [-0.1, -0.05) is 12.8 Å². The molecule has 0 spiro atoms. The van der Waals surface area contributed by atoms with Crippen molar-refractivity contribution in [2.45, 2.75) is 57.0 Å². The summed E-state index contributed by atoms with van der Waals surface area (Å²) in [6.45, 7) is 3.35. The monoisotopic (exact) mass is 280 g/mol. The predicted molar refractivity (Wildman–Crippen MR) is 66.9 cm³/mol. The van der Waals surface area contributed by atoms with Crippen molar-refractivity contribution in [1.29, 1.82) is 0 Å². The van der Waals surface area contributed by atoms with E-state index in [1.165, 1.54) is 11.8 Å². The molecule has 0 aromatic carbocycles. The lowest BCUT2D eigenvalue weighted by Gasteiger charge is -2.44. The Bertz CT molecular complexity index is 290. The van der Waals surface area contributed by atoms with E-state index in [9.17, 15) is 18.3 Å². The number of halogens is 3. The van der Waals surface area contributed by atoms with Gasteiger partial charge in [0, 0.05) is 32.2 Å². The van der Waals surface area contributed by atoms with Crippen LogP contribution >= 0.6 is 0 Å². The van der Waals surface area contributed by atoms with Crippen LogP contribution in [0.3, 0.4) is 0 Å². The zero-order chi connectivity index (χ0) is 14.0. The summed E-state index contributed by atoms with van der Waals surface area (Å²) in [7, 11) is 0. The number of aliphatic hydroxyl groups excluding tert-OH is 1. The standard InChI is InChI=1S/C13H23F3N2O/c1-10(13(14,15)16)17-6-8-18(9-7-17)11-4-2-3-5-12(11)19/h10-12,19H,2-9H2,1H3/t10-,11+,12-/m0/s1. The maximum atomic E-state index is 12.7. The summed E-state index contributed by atoms with van der Waals surface area (Å²) in [6.07, 6.45) is -0.490. The van der Waals surface area contributed by atoms with Gasteiger partial charge in [-0.25, -0.2) is 0 Å². The summed E-state index contributed by atoms with van der Waals surface area (Å²) in [5.41, 5.74) is 0. The topological polar surface area (TPSA) is 26.7 Å². The van der Waals surface area contributed by atoms with Crippen LogP contribution in [0.1, 0.15) is 32.6 Å². The van der Waals surface area contributed by atoms with Crippen molar-refractivity contribution in [3.05, 3.63) is 0 Å². The van der Waals surface area contributed by atoms with Crippen molar-refractivity contribution in [3.63, 3.8) is 0 Å². The maximum Gasteiger partial charge on any atom is 0.403 e. The zero-order valence-electron chi connectivity index (χ0n) is 11.4. The van der Waals surface area contributed by atoms with Crippen LogP contribution in [0.25, 0.3) is 0 Å². The van der Waals surface area contributed by atoms with Crippen LogP contribution < -0.4 is 0 Å². The molecular formula is C13H23F3N2O. The van der Waals surface area contributed by atoms with E-state index >= 15 is 0 Å². The molecule has 1 saturated carbocycles. The second-order valence-electron chi connectivity index (χ2n) is 5.71. The Hall–Kier alpha value is -0.330. The van der Waals surface area contributed by atoms with Crippen LogP contribution in [-0.2, 0) is 0 Å². The molecule has 2 aliphatic rings. The van der Waals surface area contributed by atoms with Gasteiger partial charge in [0.2, 0.25) is 0 Å². The lowest BCUT2D eigenvalue weighted by atomic mass is 9.91. The van der Waals surface area contributed by atoms with Crippen LogP contribution in [0.5, 0.6) is 0 Å². The molecule has 2 rings (SSSR count). The molecule has 19 heavy (non-hydrogen) atoms. The average molecular weight is 280 g/mol. The van der Waals surface area contributed by atoms with Gasteiger partial charge < -0.3 is 5.11 Å². The molecule has 1 aliphatic carbocycles. The molecule has 0 unspecified atom stereocenters. The fourth-order valence-corrected chi connectivity index (χ4v) is 3.18. The molecule has 0 aromatic rings. The molecule has 6 heteroatoms. The van der Waals surface area contributed by atoms with E-state index in [2.05, 4.69) is 4.90 Å². The van der Waals surface area contributed by atoms with E-state index < -0.39 is 12.2 Å². The quantitative estimate of drug-likeness (QED) is 0.836. The van der Waals surface area contributed by atoms with Crippen molar-refractivity contribution in [3.8, 4) is 0 Å². The van der Waals surface area contributed by atoms with Gasteiger partial charge in [-0.15, -0.1) is 0 Å². The molecule has 0 radical (unpaired) electrons. The summed E-state index contributed by atoms with van der Waals surface area (Å²) in [5, 5.41) is 9.99. The molecule has 1 saturated heterocycles. The Kier molecular flexibility index (Phi) is 4.74. The Morgan fingerprint density at radius 3 is 2.16 bits per heavy atom. The first kappa shape index (κ1) is 15.1. The highest BCUT2D eigenvalue weighted by Crippen LogP contribution is 2.27. The van der Waals surface area contributed by atoms with Gasteiger partial charge in [0.15, 0.2) is 0 Å². The number of nitrogens with zero attached hydrogens (tertiary/aromatic N) is 2. The summed E-state index contributed by atoms with van der Waals surface area (Å²) in [6, 6.07) is -1.22. The minimum absolute atomic E-state index is 0.150. The average Bonchev–Trinajstić information content (AvgIpc) is 2.38. The highest BCUT2D eigenvalue weighted by Gasteiger charge is 2.41. The lowest BCUT2D eigenvalue weighted by molar-refractivity contribution is -0.184. The van der Waals surface area contributed by atoms with E-state index in [0.29, 0.717) is 26.2 Å².